The van der Waals surface area contributed by atoms with Crippen molar-refractivity contribution in [2.24, 2.45) is 5.84 Å². The highest BCUT2D eigenvalue weighted by atomic mass is 16.5. The molecule has 6 nitrogen and oxygen atoms in total. The van der Waals surface area contributed by atoms with Gasteiger partial charge in [0, 0.05) is 18.9 Å². The van der Waals surface area contributed by atoms with Crippen molar-refractivity contribution in [1.29, 1.82) is 0 Å². The summed E-state index contributed by atoms with van der Waals surface area (Å²) in [5.74, 6) is 7.69. The molecule has 1 aromatic heterocycles. The largest absolute Gasteiger partial charge is 0.488 e. The third kappa shape index (κ3) is 3.17. The summed E-state index contributed by atoms with van der Waals surface area (Å²) in [7, 11) is 0. The molecule has 0 spiro atoms. The number of fused-ring (bicyclic) bond motifs is 1. The van der Waals surface area contributed by atoms with Gasteiger partial charge in [0.15, 0.2) is 11.6 Å². The Morgan fingerprint density at radius 3 is 3.16 bits per heavy atom. The highest BCUT2D eigenvalue weighted by molar-refractivity contribution is 5.58. The first kappa shape index (κ1) is 13.2. The average molecular weight is 261 g/mol. The number of aromatic nitrogens is 1. The molecular formula is C13H19N5O. The molecule has 4 N–H and O–H groups in total. The maximum atomic E-state index is 5.73. The number of nitrogen functional groups attached to an aromatic ring is 1. The van der Waals surface area contributed by atoms with Crippen LogP contribution in [0.4, 0.5) is 11.6 Å². The van der Waals surface area contributed by atoms with Crippen LogP contribution in [-0.2, 0) is 0 Å². The van der Waals surface area contributed by atoms with Crippen LogP contribution in [0.3, 0.4) is 0 Å². The summed E-state index contributed by atoms with van der Waals surface area (Å²) in [6.45, 7) is 7.73. The quantitative estimate of drug-likeness (QED) is 0.623. The summed E-state index contributed by atoms with van der Waals surface area (Å²) in [5.41, 5.74) is 6.82. The minimum atomic E-state index is 0.488. The van der Waals surface area contributed by atoms with E-state index in [2.05, 4.69) is 16.5 Å². The molecule has 0 amide bonds. The Morgan fingerprint density at radius 2 is 2.42 bits per heavy atom. The minimum Gasteiger partial charge on any atom is -0.488 e. The van der Waals surface area contributed by atoms with Gasteiger partial charge in [-0.05, 0) is 24.6 Å². The number of anilines is 2. The molecule has 0 saturated carbocycles. The van der Waals surface area contributed by atoms with E-state index in [9.17, 15) is 0 Å². The van der Waals surface area contributed by atoms with Crippen molar-refractivity contribution in [2.75, 3.05) is 30.3 Å². The van der Waals surface area contributed by atoms with Crippen LogP contribution in [0.5, 0.6) is 5.75 Å². The van der Waals surface area contributed by atoms with E-state index in [0.29, 0.717) is 19.0 Å². The van der Waals surface area contributed by atoms with Crippen LogP contribution in [0.15, 0.2) is 36.7 Å². The van der Waals surface area contributed by atoms with Gasteiger partial charge in [-0.1, -0.05) is 6.58 Å². The van der Waals surface area contributed by atoms with E-state index in [0.717, 1.165) is 23.7 Å². The molecule has 2 rings (SSSR count). The van der Waals surface area contributed by atoms with Crippen LogP contribution in [0, 0.1) is 0 Å². The monoisotopic (exact) mass is 261 g/mol. The first-order chi connectivity index (χ1) is 9.10. The Morgan fingerprint density at radius 1 is 1.63 bits per heavy atom. The first-order valence-electron chi connectivity index (χ1n) is 6.07. The maximum Gasteiger partial charge on any atom is 0.173 e. The third-order valence-corrected chi connectivity index (χ3v) is 2.80. The summed E-state index contributed by atoms with van der Waals surface area (Å²) in [4.78, 5) is 6.46. The zero-order valence-electron chi connectivity index (χ0n) is 11.0. The molecule has 0 unspecified atom stereocenters. The van der Waals surface area contributed by atoms with Gasteiger partial charge in [0.25, 0.3) is 0 Å². The molecule has 1 aromatic rings. The second-order valence-corrected chi connectivity index (χ2v) is 4.43. The zero-order valence-corrected chi connectivity index (χ0v) is 11.0. The van der Waals surface area contributed by atoms with Gasteiger partial charge >= 0.3 is 0 Å². The lowest BCUT2D eigenvalue weighted by atomic mass is 10.2. The van der Waals surface area contributed by atoms with E-state index >= 15 is 0 Å². The van der Waals surface area contributed by atoms with E-state index in [-0.39, 0.29) is 0 Å². The van der Waals surface area contributed by atoms with Crippen LogP contribution in [0.2, 0.25) is 0 Å². The number of hydrogen-bond acceptors (Lipinski definition) is 6. The van der Waals surface area contributed by atoms with Crippen molar-refractivity contribution in [2.45, 2.75) is 6.92 Å². The van der Waals surface area contributed by atoms with E-state index < -0.39 is 0 Å². The smallest absolute Gasteiger partial charge is 0.173 e. The highest BCUT2D eigenvalue weighted by Gasteiger charge is 2.19. The number of nitrogens with two attached hydrogens (primary N) is 2. The number of hydrazine groups is 1. The van der Waals surface area contributed by atoms with Crippen molar-refractivity contribution in [3.05, 3.63) is 36.7 Å². The van der Waals surface area contributed by atoms with Crippen molar-refractivity contribution in [1.82, 2.24) is 9.99 Å². The predicted molar refractivity (Wildman–Crippen MR) is 76.3 cm³/mol. The zero-order chi connectivity index (χ0) is 13.8. The van der Waals surface area contributed by atoms with E-state index in [1.807, 2.05) is 19.2 Å². The Labute approximate surface area is 112 Å². The van der Waals surface area contributed by atoms with Crippen LogP contribution in [0.25, 0.3) is 0 Å². The van der Waals surface area contributed by atoms with Gasteiger partial charge in [-0.15, -0.1) is 0 Å². The van der Waals surface area contributed by atoms with E-state index in [1.54, 1.807) is 12.3 Å². The van der Waals surface area contributed by atoms with E-state index in [4.69, 9.17) is 16.3 Å². The van der Waals surface area contributed by atoms with Gasteiger partial charge in [-0.25, -0.2) is 10.8 Å². The lowest BCUT2D eigenvalue weighted by molar-refractivity contribution is 0.306. The fourth-order valence-corrected chi connectivity index (χ4v) is 1.96. The van der Waals surface area contributed by atoms with Gasteiger partial charge in [0.1, 0.15) is 12.4 Å². The second kappa shape index (κ2) is 5.62. The van der Waals surface area contributed by atoms with Gasteiger partial charge in [0.05, 0.1) is 6.54 Å². The number of rotatable bonds is 4. The molecule has 0 aromatic carbocycles. The molecule has 1 aliphatic rings. The molecule has 0 saturated heterocycles. The van der Waals surface area contributed by atoms with Gasteiger partial charge in [-0.3, -0.25) is 5.01 Å². The minimum absolute atomic E-state index is 0.488. The van der Waals surface area contributed by atoms with Crippen molar-refractivity contribution in [3.8, 4) is 5.75 Å². The molecule has 0 radical (unpaired) electrons. The van der Waals surface area contributed by atoms with Crippen LogP contribution in [-0.4, -0.2) is 29.7 Å². The second-order valence-electron chi connectivity index (χ2n) is 4.43. The molecule has 0 atom stereocenters. The molecule has 0 fully saturated rings. The number of nitrogens with zero attached hydrogens (tertiary/aromatic N) is 3. The van der Waals surface area contributed by atoms with Crippen molar-refractivity contribution >= 4 is 11.6 Å². The maximum absolute atomic E-state index is 5.73. The summed E-state index contributed by atoms with van der Waals surface area (Å²) >= 11 is 0. The molecule has 1 aliphatic heterocycles. The number of hydrogen-bond donors (Lipinski definition) is 2. The van der Waals surface area contributed by atoms with Gasteiger partial charge < -0.3 is 15.4 Å². The Hall–Kier alpha value is -2.21. The van der Waals surface area contributed by atoms with Gasteiger partial charge in [-0.2, -0.15) is 0 Å². The Bertz CT molecular complexity index is 500. The fourth-order valence-electron chi connectivity index (χ4n) is 1.96. The van der Waals surface area contributed by atoms with Crippen LogP contribution >= 0.6 is 0 Å². The highest BCUT2D eigenvalue weighted by Crippen LogP contribution is 2.30. The lowest BCUT2D eigenvalue weighted by Gasteiger charge is -2.30. The summed E-state index contributed by atoms with van der Waals surface area (Å²) in [6, 6.07) is 3.59. The van der Waals surface area contributed by atoms with Crippen molar-refractivity contribution in [3.63, 3.8) is 0 Å². The lowest BCUT2D eigenvalue weighted by Crippen LogP contribution is -2.35. The van der Waals surface area contributed by atoms with Crippen LogP contribution in [0.1, 0.15) is 6.92 Å². The standard InChI is InChI=1S/C13H19N5O/c1-3-18(15)9-10(2)8-17-6-7-19-11-4-5-12(14)16-13(11)17/h3-5,9H,1,6-8,15H2,2H3,(H2,14,16)/b10-9+. The SMILES string of the molecule is C=CN(N)/C=C(\C)CN1CCOc2ccc(N)nc21. The third-order valence-electron chi connectivity index (χ3n) is 2.80. The molecule has 2 heterocycles. The molecule has 6 heteroatoms. The molecule has 19 heavy (non-hydrogen) atoms. The molecule has 0 aliphatic carbocycles. The number of ether oxygens (including phenoxy) is 1. The Balaban J connectivity index is 2.17. The van der Waals surface area contributed by atoms with Crippen molar-refractivity contribution < 1.29 is 4.74 Å². The first-order valence-corrected chi connectivity index (χ1v) is 6.07. The number of pyridine rings is 1. The summed E-state index contributed by atoms with van der Waals surface area (Å²) in [5, 5.41) is 1.43. The average Bonchev–Trinajstić information content (AvgIpc) is 2.39. The fraction of sp³-hybridized carbons (Fsp3) is 0.308. The molecule has 0 bridgehead atoms. The topological polar surface area (TPSA) is 80.6 Å². The van der Waals surface area contributed by atoms with E-state index in [1.165, 1.54) is 5.01 Å². The normalized spacial score (nSPS) is 14.6. The van der Waals surface area contributed by atoms with Crippen LogP contribution < -0.4 is 21.2 Å². The summed E-state index contributed by atoms with van der Waals surface area (Å²) in [6.07, 6.45) is 3.38. The molecular weight excluding hydrogens is 242 g/mol. The Kier molecular flexibility index (Phi) is 3.91. The van der Waals surface area contributed by atoms with Gasteiger partial charge in [0.2, 0.25) is 0 Å². The summed E-state index contributed by atoms with van der Waals surface area (Å²) < 4.78 is 5.56. The molecule has 102 valence electrons. The predicted octanol–water partition coefficient (Wildman–Crippen LogP) is 1.09.